The van der Waals surface area contributed by atoms with Gasteiger partial charge in [-0.3, -0.25) is 4.79 Å². The Morgan fingerprint density at radius 3 is 2.94 bits per heavy atom. The van der Waals surface area contributed by atoms with Crippen LogP contribution in [0.4, 0.5) is 0 Å². The number of ether oxygens (including phenoxy) is 2. The van der Waals surface area contributed by atoms with E-state index < -0.39 is 12.1 Å². The van der Waals surface area contributed by atoms with Gasteiger partial charge in [-0.15, -0.1) is 0 Å². The van der Waals surface area contributed by atoms with Crippen molar-refractivity contribution < 1.29 is 23.5 Å². The van der Waals surface area contributed by atoms with Crippen LogP contribution in [-0.2, 0) is 14.3 Å². The summed E-state index contributed by atoms with van der Waals surface area (Å²) in [6.07, 6.45) is 0.483. The Labute approximate surface area is 104 Å². The fourth-order valence-corrected chi connectivity index (χ4v) is 1.76. The van der Waals surface area contributed by atoms with E-state index in [-0.39, 0.29) is 18.2 Å². The Bertz CT molecular complexity index is 456. The molecule has 98 valence electrons. The van der Waals surface area contributed by atoms with Gasteiger partial charge in [-0.2, -0.15) is 0 Å². The molecule has 18 heavy (non-hydrogen) atoms. The zero-order chi connectivity index (χ0) is 13.1. The SMILES string of the molecule is COC(=O)C1CN(C(=O)c2ocnc2C)CCO1. The first-order valence-electron chi connectivity index (χ1n) is 5.52. The molecule has 0 radical (unpaired) electrons. The van der Waals surface area contributed by atoms with Gasteiger partial charge in [-0.05, 0) is 6.92 Å². The lowest BCUT2D eigenvalue weighted by Gasteiger charge is -2.30. The minimum atomic E-state index is -0.740. The minimum Gasteiger partial charge on any atom is -0.467 e. The number of carbonyl (C=O) groups excluding carboxylic acids is 2. The molecule has 1 unspecified atom stereocenters. The van der Waals surface area contributed by atoms with Crippen molar-refractivity contribution >= 4 is 11.9 Å². The number of esters is 1. The van der Waals surface area contributed by atoms with Gasteiger partial charge in [0.25, 0.3) is 5.91 Å². The zero-order valence-electron chi connectivity index (χ0n) is 10.2. The molecule has 1 fully saturated rings. The highest BCUT2D eigenvalue weighted by atomic mass is 16.6. The van der Waals surface area contributed by atoms with Crippen molar-refractivity contribution in [3.05, 3.63) is 17.8 Å². The van der Waals surface area contributed by atoms with E-state index in [1.54, 1.807) is 6.92 Å². The predicted octanol–water partition coefficient (Wildman–Crippen LogP) is -0.00298. The lowest BCUT2D eigenvalue weighted by atomic mass is 10.2. The number of oxazole rings is 1. The number of amides is 1. The highest BCUT2D eigenvalue weighted by Crippen LogP contribution is 2.13. The number of aryl methyl sites for hydroxylation is 1. The van der Waals surface area contributed by atoms with Crippen LogP contribution in [0.2, 0.25) is 0 Å². The first kappa shape index (κ1) is 12.6. The molecule has 2 heterocycles. The Hall–Kier alpha value is -1.89. The van der Waals surface area contributed by atoms with E-state index >= 15 is 0 Å². The molecule has 1 amide bonds. The van der Waals surface area contributed by atoms with E-state index in [1.165, 1.54) is 18.4 Å². The number of hydrogen-bond donors (Lipinski definition) is 0. The van der Waals surface area contributed by atoms with Crippen LogP contribution in [0, 0.1) is 6.92 Å². The average Bonchev–Trinajstić information content (AvgIpc) is 2.83. The summed E-state index contributed by atoms with van der Waals surface area (Å²) in [6, 6.07) is 0. The molecule has 0 saturated carbocycles. The molecule has 1 atom stereocenters. The number of morpholine rings is 1. The summed E-state index contributed by atoms with van der Waals surface area (Å²) in [5.74, 6) is -0.579. The van der Waals surface area contributed by atoms with Crippen LogP contribution in [0.3, 0.4) is 0 Å². The van der Waals surface area contributed by atoms with Crippen LogP contribution in [0.1, 0.15) is 16.2 Å². The maximum atomic E-state index is 12.1. The maximum absolute atomic E-state index is 12.1. The van der Waals surface area contributed by atoms with E-state index in [2.05, 4.69) is 9.72 Å². The molecule has 2 rings (SSSR count). The number of rotatable bonds is 2. The molecule has 0 aliphatic carbocycles. The molecule has 7 heteroatoms. The number of carbonyl (C=O) groups is 2. The van der Waals surface area contributed by atoms with Crippen LogP contribution >= 0.6 is 0 Å². The number of aromatic nitrogens is 1. The molecule has 1 aliphatic heterocycles. The van der Waals surface area contributed by atoms with Crippen molar-refractivity contribution in [2.24, 2.45) is 0 Å². The van der Waals surface area contributed by atoms with Crippen LogP contribution in [0.5, 0.6) is 0 Å². The van der Waals surface area contributed by atoms with Crippen LogP contribution in [0.25, 0.3) is 0 Å². The van der Waals surface area contributed by atoms with Crippen molar-refractivity contribution in [1.29, 1.82) is 0 Å². The summed E-state index contributed by atoms with van der Waals surface area (Å²) in [5, 5.41) is 0. The first-order chi connectivity index (χ1) is 8.63. The number of hydrogen-bond acceptors (Lipinski definition) is 6. The second kappa shape index (κ2) is 5.18. The normalized spacial score (nSPS) is 19.7. The Balaban J connectivity index is 2.07. The summed E-state index contributed by atoms with van der Waals surface area (Å²) in [5.41, 5.74) is 0.529. The second-order valence-corrected chi connectivity index (χ2v) is 3.90. The maximum Gasteiger partial charge on any atom is 0.336 e. The summed E-state index contributed by atoms with van der Waals surface area (Å²) in [6.45, 7) is 2.55. The second-order valence-electron chi connectivity index (χ2n) is 3.90. The Morgan fingerprint density at radius 1 is 1.56 bits per heavy atom. The van der Waals surface area contributed by atoms with Crippen molar-refractivity contribution in [3.8, 4) is 0 Å². The van der Waals surface area contributed by atoms with Gasteiger partial charge in [-0.25, -0.2) is 9.78 Å². The summed E-state index contributed by atoms with van der Waals surface area (Å²) >= 11 is 0. The molecule has 0 N–H and O–H groups in total. The topological polar surface area (TPSA) is 81.9 Å². The van der Waals surface area contributed by atoms with Gasteiger partial charge in [0.1, 0.15) is 0 Å². The van der Waals surface area contributed by atoms with E-state index in [0.717, 1.165) is 0 Å². The lowest BCUT2D eigenvalue weighted by Crippen LogP contribution is -2.49. The number of nitrogens with zero attached hydrogens (tertiary/aromatic N) is 2. The van der Waals surface area contributed by atoms with Crippen LogP contribution in [-0.4, -0.2) is 54.7 Å². The third-order valence-corrected chi connectivity index (χ3v) is 2.76. The van der Waals surface area contributed by atoms with Crippen LogP contribution in [0.15, 0.2) is 10.8 Å². The van der Waals surface area contributed by atoms with E-state index in [4.69, 9.17) is 9.15 Å². The molecule has 1 aromatic heterocycles. The summed E-state index contributed by atoms with van der Waals surface area (Å²) in [7, 11) is 1.28. The lowest BCUT2D eigenvalue weighted by molar-refractivity contribution is -0.158. The van der Waals surface area contributed by atoms with Gasteiger partial charge in [0.2, 0.25) is 5.76 Å². The van der Waals surface area contributed by atoms with Crippen molar-refractivity contribution in [1.82, 2.24) is 9.88 Å². The molecule has 1 aromatic rings. The molecule has 0 aromatic carbocycles. The third-order valence-electron chi connectivity index (χ3n) is 2.76. The summed E-state index contributed by atoms with van der Waals surface area (Å²) < 4.78 is 14.9. The van der Waals surface area contributed by atoms with E-state index in [1.807, 2.05) is 0 Å². The monoisotopic (exact) mass is 254 g/mol. The first-order valence-corrected chi connectivity index (χ1v) is 5.52. The zero-order valence-corrected chi connectivity index (χ0v) is 10.2. The fourth-order valence-electron chi connectivity index (χ4n) is 1.76. The Kier molecular flexibility index (Phi) is 3.61. The largest absolute Gasteiger partial charge is 0.467 e. The van der Waals surface area contributed by atoms with Gasteiger partial charge in [0.05, 0.1) is 26.0 Å². The van der Waals surface area contributed by atoms with Crippen molar-refractivity contribution in [2.45, 2.75) is 13.0 Å². The van der Waals surface area contributed by atoms with Crippen molar-refractivity contribution in [3.63, 3.8) is 0 Å². The number of methoxy groups -OCH3 is 1. The van der Waals surface area contributed by atoms with Gasteiger partial charge in [-0.1, -0.05) is 0 Å². The van der Waals surface area contributed by atoms with Gasteiger partial charge in [0.15, 0.2) is 12.5 Å². The standard InChI is InChI=1S/C11H14N2O5/c1-7-9(18-6-12-7)10(14)13-3-4-17-8(5-13)11(15)16-2/h6,8H,3-5H2,1-2H3. The molecule has 7 nitrogen and oxygen atoms in total. The minimum absolute atomic E-state index is 0.158. The van der Waals surface area contributed by atoms with Crippen LogP contribution < -0.4 is 0 Å². The molecule has 0 bridgehead atoms. The highest BCUT2D eigenvalue weighted by molar-refractivity contribution is 5.92. The molecular formula is C11H14N2O5. The van der Waals surface area contributed by atoms with Gasteiger partial charge >= 0.3 is 5.97 Å². The van der Waals surface area contributed by atoms with Gasteiger partial charge < -0.3 is 18.8 Å². The van der Waals surface area contributed by atoms with Crippen molar-refractivity contribution in [2.75, 3.05) is 26.8 Å². The molecule has 0 spiro atoms. The fraction of sp³-hybridized carbons (Fsp3) is 0.545. The molecule has 1 saturated heterocycles. The Morgan fingerprint density at radius 2 is 2.33 bits per heavy atom. The highest BCUT2D eigenvalue weighted by Gasteiger charge is 2.32. The van der Waals surface area contributed by atoms with E-state index in [0.29, 0.717) is 18.8 Å². The summed E-state index contributed by atoms with van der Waals surface area (Å²) in [4.78, 5) is 28.9. The predicted molar refractivity (Wildman–Crippen MR) is 58.9 cm³/mol. The quantitative estimate of drug-likeness (QED) is 0.691. The molecule has 1 aliphatic rings. The third kappa shape index (κ3) is 2.35. The smallest absolute Gasteiger partial charge is 0.336 e. The molecular weight excluding hydrogens is 240 g/mol. The van der Waals surface area contributed by atoms with E-state index in [9.17, 15) is 9.59 Å². The average molecular weight is 254 g/mol. The van der Waals surface area contributed by atoms with Gasteiger partial charge in [0, 0.05) is 6.54 Å².